The van der Waals surface area contributed by atoms with E-state index in [0.717, 1.165) is 15.4 Å². The summed E-state index contributed by atoms with van der Waals surface area (Å²) in [5.41, 5.74) is 1.95. The SMILES string of the molecule is CNC(C)c1c(F)cccc1Sc1cccc(C)c1. The van der Waals surface area contributed by atoms with Gasteiger partial charge >= 0.3 is 0 Å². The smallest absolute Gasteiger partial charge is 0.129 e. The molecule has 2 aromatic carbocycles. The second kappa shape index (κ2) is 6.22. The summed E-state index contributed by atoms with van der Waals surface area (Å²) in [6.45, 7) is 4.03. The van der Waals surface area contributed by atoms with Gasteiger partial charge in [0.1, 0.15) is 5.82 Å². The van der Waals surface area contributed by atoms with Gasteiger partial charge in [-0.1, -0.05) is 35.5 Å². The lowest BCUT2D eigenvalue weighted by Gasteiger charge is -2.16. The Hall–Kier alpha value is -1.32. The van der Waals surface area contributed by atoms with E-state index < -0.39 is 0 Å². The topological polar surface area (TPSA) is 12.0 Å². The molecule has 0 fully saturated rings. The van der Waals surface area contributed by atoms with Crippen LogP contribution in [0.1, 0.15) is 24.1 Å². The fourth-order valence-corrected chi connectivity index (χ4v) is 3.15. The van der Waals surface area contributed by atoms with Crippen LogP contribution in [0.3, 0.4) is 0 Å². The molecule has 0 saturated heterocycles. The first-order valence-corrected chi connectivity index (χ1v) is 7.13. The molecule has 0 bridgehead atoms. The average molecular weight is 275 g/mol. The zero-order chi connectivity index (χ0) is 13.8. The third kappa shape index (κ3) is 3.37. The van der Waals surface area contributed by atoms with E-state index in [1.807, 2.05) is 26.1 Å². The number of nitrogens with one attached hydrogen (secondary N) is 1. The Morgan fingerprint density at radius 1 is 1.16 bits per heavy atom. The molecule has 19 heavy (non-hydrogen) atoms. The molecule has 2 rings (SSSR count). The summed E-state index contributed by atoms with van der Waals surface area (Å²) in [4.78, 5) is 2.10. The van der Waals surface area contributed by atoms with Gasteiger partial charge < -0.3 is 5.32 Å². The molecular formula is C16H18FNS. The molecule has 0 aromatic heterocycles. The first kappa shape index (κ1) is 14.1. The maximum atomic E-state index is 14.0. The molecule has 0 spiro atoms. The Kier molecular flexibility index (Phi) is 4.61. The van der Waals surface area contributed by atoms with E-state index in [4.69, 9.17) is 0 Å². The van der Waals surface area contributed by atoms with Crippen LogP contribution in [0.25, 0.3) is 0 Å². The number of benzene rings is 2. The molecular weight excluding hydrogens is 257 g/mol. The summed E-state index contributed by atoms with van der Waals surface area (Å²) < 4.78 is 14.0. The standard InChI is InChI=1S/C16H18FNS/c1-11-6-4-7-13(10-11)19-15-9-5-8-14(17)16(15)12(2)18-3/h4-10,12,18H,1-3H3. The lowest BCUT2D eigenvalue weighted by Crippen LogP contribution is -2.14. The zero-order valence-electron chi connectivity index (χ0n) is 11.4. The minimum absolute atomic E-state index is 0.00601. The Balaban J connectivity index is 2.37. The van der Waals surface area contributed by atoms with Crippen LogP contribution < -0.4 is 5.32 Å². The quantitative estimate of drug-likeness (QED) is 0.877. The normalized spacial score (nSPS) is 12.4. The highest BCUT2D eigenvalue weighted by Crippen LogP contribution is 2.34. The Labute approximate surface area is 118 Å². The molecule has 0 aliphatic carbocycles. The van der Waals surface area contributed by atoms with Crippen LogP contribution in [0.4, 0.5) is 4.39 Å². The van der Waals surface area contributed by atoms with Crippen LogP contribution in [-0.4, -0.2) is 7.05 Å². The van der Waals surface area contributed by atoms with Crippen molar-refractivity contribution < 1.29 is 4.39 Å². The van der Waals surface area contributed by atoms with E-state index in [1.165, 1.54) is 11.6 Å². The van der Waals surface area contributed by atoms with Crippen molar-refractivity contribution in [3.63, 3.8) is 0 Å². The Morgan fingerprint density at radius 3 is 2.58 bits per heavy atom. The molecule has 0 saturated carbocycles. The number of aryl methyl sites for hydroxylation is 1. The number of hydrogen-bond acceptors (Lipinski definition) is 2. The highest BCUT2D eigenvalue weighted by molar-refractivity contribution is 7.99. The fraction of sp³-hybridized carbons (Fsp3) is 0.250. The van der Waals surface area contributed by atoms with Gasteiger partial charge in [-0.3, -0.25) is 0 Å². The Morgan fingerprint density at radius 2 is 1.89 bits per heavy atom. The van der Waals surface area contributed by atoms with Crippen LogP contribution >= 0.6 is 11.8 Å². The molecule has 0 heterocycles. The molecule has 0 aliphatic heterocycles. The second-order valence-electron chi connectivity index (χ2n) is 4.58. The third-order valence-corrected chi connectivity index (χ3v) is 4.16. The van der Waals surface area contributed by atoms with Gasteiger partial charge in [0, 0.05) is 21.4 Å². The summed E-state index contributed by atoms with van der Waals surface area (Å²) in [6, 6.07) is 13.5. The van der Waals surface area contributed by atoms with Crippen molar-refractivity contribution in [2.24, 2.45) is 0 Å². The van der Waals surface area contributed by atoms with Crippen molar-refractivity contribution in [1.82, 2.24) is 5.32 Å². The molecule has 0 amide bonds. The first-order valence-electron chi connectivity index (χ1n) is 6.32. The van der Waals surface area contributed by atoms with Crippen LogP contribution in [0.2, 0.25) is 0 Å². The van der Waals surface area contributed by atoms with E-state index >= 15 is 0 Å². The van der Waals surface area contributed by atoms with E-state index in [0.29, 0.717) is 0 Å². The van der Waals surface area contributed by atoms with Crippen LogP contribution in [0.15, 0.2) is 52.3 Å². The number of rotatable bonds is 4. The first-order chi connectivity index (χ1) is 9.11. The minimum atomic E-state index is -0.153. The molecule has 0 radical (unpaired) electrons. The van der Waals surface area contributed by atoms with Gasteiger partial charge in [-0.2, -0.15) is 0 Å². The molecule has 1 unspecified atom stereocenters. The highest BCUT2D eigenvalue weighted by atomic mass is 32.2. The van der Waals surface area contributed by atoms with E-state index in [9.17, 15) is 4.39 Å². The van der Waals surface area contributed by atoms with Gasteiger partial charge in [-0.15, -0.1) is 0 Å². The van der Waals surface area contributed by atoms with Gasteiger partial charge in [-0.25, -0.2) is 4.39 Å². The summed E-state index contributed by atoms with van der Waals surface area (Å²) in [5, 5.41) is 3.11. The average Bonchev–Trinajstić information content (AvgIpc) is 2.38. The molecule has 3 heteroatoms. The largest absolute Gasteiger partial charge is 0.313 e. The van der Waals surface area contributed by atoms with Crippen molar-refractivity contribution in [2.45, 2.75) is 29.7 Å². The molecule has 100 valence electrons. The van der Waals surface area contributed by atoms with Gasteiger partial charge in [0.2, 0.25) is 0 Å². The number of halogens is 1. The fourth-order valence-electron chi connectivity index (χ4n) is 1.98. The number of hydrogen-bond donors (Lipinski definition) is 1. The van der Waals surface area contributed by atoms with Gasteiger partial charge in [0.25, 0.3) is 0 Å². The zero-order valence-corrected chi connectivity index (χ0v) is 12.2. The summed E-state index contributed by atoms with van der Waals surface area (Å²) in [5.74, 6) is -0.153. The summed E-state index contributed by atoms with van der Waals surface area (Å²) >= 11 is 1.61. The molecule has 1 nitrogen and oxygen atoms in total. The molecule has 2 aromatic rings. The minimum Gasteiger partial charge on any atom is -0.313 e. The summed E-state index contributed by atoms with van der Waals surface area (Å²) in [6.07, 6.45) is 0. The molecule has 0 aliphatic rings. The Bertz CT molecular complexity index is 568. The van der Waals surface area contributed by atoms with Gasteiger partial charge in [0.05, 0.1) is 0 Å². The van der Waals surface area contributed by atoms with E-state index in [2.05, 4.69) is 30.4 Å². The van der Waals surface area contributed by atoms with Gasteiger partial charge in [0.15, 0.2) is 0 Å². The predicted molar refractivity (Wildman–Crippen MR) is 79.2 cm³/mol. The second-order valence-corrected chi connectivity index (χ2v) is 5.70. The maximum absolute atomic E-state index is 14.0. The van der Waals surface area contributed by atoms with Crippen molar-refractivity contribution in [2.75, 3.05) is 7.05 Å². The van der Waals surface area contributed by atoms with E-state index in [1.54, 1.807) is 17.8 Å². The van der Waals surface area contributed by atoms with Crippen molar-refractivity contribution in [3.8, 4) is 0 Å². The molecule has 1 N–H and O–H groups in total. The monoisotopic (exact) mass is 275 g/mol. The maximum Gasteiger partial charge on any atom is 0.129 e. The third-order valence-electron chi connectivity index (χ3n) is 3.10. The predicted octanol–water partition coefficient (Wildman–Crippen LogP) is 4.57. The lowest BCUT2D eigenvalue weighted by atomic mass is 10.1. The lowest BCUT2D eigenvalue weighted by molar-refractivity contribution is 0.552. The molecule has 1 atom stereocenters. The van der Waals surface area contributed by atoms with Crippen molar-refractivity contribution in [3.05, 3.63) is 59.4 Å². The van der Waals surface area contributed by atoms with Crippen LogP contribution in [0, 0.1) is 12.7 Å². The van der Waals surface area contributed by atoms with Gasteiger partial charge in [-0.05, 0) is 45.2 Å². The van der Waals surface area contributed by atoms with E-state index in [-0.39, 0.29) is 11.9 Å². The van der Waals surface area contributed by atoms with Crippen molar-refractivity contribution in [1.29, 1.82) is 0 Å². The highest BCUT2D eigenvalue weighted by Gasteiger charge is 2.14. The van der Waals surface area contributed by atoms with Crippen molar-refractivity contribution >= 4 is 11.8 Å². The van der Waals surface area contributed by atoms with Crippen LogP contribution in [0.5, 0.6) is 0 Å². The van der Waals surface area contributed by atoms with Crippen LogP contribution in [-0.2, 0) is 0 Å². The summed E-state index contributed by atoms with van der Waals surface area (Å²) in [7, 11) is 1.85.